The SMILES string of the molecule is CC(=O)/C(N=Nc1nn[nH]n1)=C(/C)O. The summed E-state index contributed by atoms with van der Waals surface area (Å²) in [4.78, 5) is 10.9. The number of tetrazole rings is 1. The lowest BCUT2D eigenvalue weighted by molar-refractivity contribution is -0.113. The highest BCUT2D eigenvalue weighted by Gasteiger charge is 2.06. The van der Waals surface area contributed by atoms with E-state index in [4.69, 9.17) is 5.11 Å². The summed E-state index contributed by atoms with van der Waals surface area (Å²) in [6, 6.07) is 0. The second kappa shape index (κ2) is 4.21. The number of rotatable bonds is 3. The van der Waals surface area contributed by atoms with Gasteiger partial charge in [-0.25, -0.2) is 0 Å². The van der Waals surface area contributed by atoms with Gasteiger partial charge < -0.3 is 5.11 Å². The van der Waals surface area contributed by atoms with E-state index in [1.807, 2.05) is 0 Å². The number of nitrogens with one attached hydrogen (secondary N) is 1. The van der Waals surface area contributed by atoms with E-state index in [0.29, 0.717) is 0 Å². The van der Waals surface area contributed by atoms with Crippen LogP contribution in [0, 0.1) is 0 Å². The summed E-state index contributed by atoms with van der Waals surface area (Å²) >= 11 is 0. The first-order valence-electron chi connectivity index (χ1n) is 3.67. The second-order valence-electron chi connectivity index (χ2n) is 2.40. The predicted molar refractivity (Wildman–Crippen MR) is 44.7 cm³/mol. The standard InChI is InChI=1S/C6H8N6O2/c1-3(13)5(4(2)14)7-8-6-9-11-12-10-6/h13H,1-2H3,(H,9,10,11,12)/b5-3+,8-7?. The topological polar surface area (TPSA) is 116 Å². The van der Waals surface area contributed by atoms with Gasteiger partial charge in [-0.05, 0) is 12.1 Å². The number of allylic oxidation sites excluding steroid dienone is 2. The van der Waals surface area contributed by atoms with Gasteiger partial charge in [0, 0.05) is 6.92 Å². The summed E-state index contributed by atoms with van der Waals surface area (Å²) in [6.07, 6.45) is 0. The Hall–Kier alpha value is -2.12. The number of aromatic amines is 1. The smallest absolute Gasteiger partial charge is 0.307 e. The fraction of sp³-hybridized carbons (Fsp3) is 0.333. The van der Waals surface area contributed by atoms with Crippen LogP contribution in [0.3, 0.4) is 0 Å². The Morgan fingerprint density at radius 2 is 2.21 bits per heavy atom. The van der Waals surface area contributed by atoms with Crippen LogP contribution in [0.15, 0.2) is 21.7 Å². The van der Waals surface area contributed by atoms with Crippen molar-refractivity contribution in [3.8, 4) is 0 Å². The largest absolute Gasteiger partial charge is 0.510 e. The van der Waals surface area contributed by atoms with E-state index in [-0.39, 0.29) is 17.4 Å². The van der Waals surface area contributed by atoms with Crippen LogP contribution >= 0.6 is 0 Å². The molecule has 0 saturated heterocycles. The summed E-state index contributed by atoms with van der Waals surface area (Å²) < 4.78 is 0. The number of ketones is 1. The number of carbonyl (C=O) groups excluding carboxylic acids is 1. The number of H-pyrrole nitrogens is 1. The Labute approximate surface area is 78.7 Å². The van der Waals surface area contributed by atoms with E-state index in [9.17, 15) is 4.79 Å². The average Bonchev–Trinajstić information content (AvgIpc) is 2.55. The van der Waals surface area contributed by atoms with Crippen LogP contribution in [0.4, 0.5) is 5.95 Å². The third kappa shape index (κ3) is 2.44. The normalized spacial score (nSPS) is 13.0. The van der Waals surface area contributed by atoms with Crippen LogP contribution in [-0.2, 0) is 4.79 Å². The Morgan fingerprint density at radius 1 is 1.50 bits per heavy atom. The molecule has 0 aliphatic rings. The van der Waals surface area contributed by atoms with Gasteiger partial charge in [-0.2, -0.15) is 5.21 Å². The molecule has 74 valence electrons. The Balaban J connectivity index is 2.86. The molecule has 0 radical (unpaired) electrons. The first-order valence-corrected chi connectivity index (χ1v) is 3.67. The molecule has 0 spiro atoms. The van der Waals surface area contributed by atoms with E-state index in [1.54, 1.807) is 0 Å². The van der Waals surface area contributed by atoms with Gasteiger partial charge >= 0.3 is 5.95 Å². The number of azo groups is 1. The molecule has 0 fully saturated rings. The molecule has 1 aromatic rings. The molecule has 0 bridgehead atoms. The van der Waals surface area contributed by atoms with Crippen molar-refractivity contribution in [1.29, 1.82) is 0 Å². The van der Waals surface area contributed by atoms with Crippen LogP contribution in [0.25, 0.3) is 0 Å². The summed E-state index contributed by atoms with van der Waals surface area (Å²) in [7, 11) is 0. The first kappa shape index (κ1) is 9.96. The van der Waals surface area contributed by atoms with Crippen molar-refractivity contribution >= 4 is 11.7 Å². The summed E-state index contributed by atoms with van der Waals surface area (Å²) in [5, 5.41) is 28.4. The monoisotopic (exact) mass is 196 g/mol. The minimum Gasteiger partial charge on any atom is -0.510 e. The molecule has 0 saturated carbocycles. The number of hydrogen-bond donors (Lipinski definition) is 2. The van der Waals surface area contributed by atoms with Crippen LogP contribution in [-0.4, -0.2) is 31.5 Å². The van der Waals surface area contributed by atoms with E-state index >= 15 is 0 Å². The molecule has 0 aromatic carbocycles. The zero-order valence-electron chi connectivity index (χ0n) is 7.59. The van der Waals surface area contributed by atoms with Crippen LogP contribution in [0.5, 0.6) is 0 Å². The molecule has 2 N–H and O–H groups in total. The maximum atomic E-state index is 10.9. The molecule has 0 amide bonds. The van der Waals surface area contributed by atoms with Crippen LogP contribution in [0.2, 0.25) is 0 Å². The van der Waals surface area contributed by atoms with Crippen molar-refractivity contribution < 1.29 is 9.90 Å². The molecular formula is C6H8N6O2. The van der Waals surface area contributed by atoms with E-state index in [0.717, 1.165) is 0 Å². The average molecular weight is 196 g/mol. The molecular weight excluding hydrogens is 188 g/mol. The maximum absolute atomic E-state index is 10.9. The summed E-state index contributed by atoms with van der Waals surface area (Å²) in [5.41, 5.74) is -0.130. The molecule has 8 heteroatoms. The number of Topliss-reactive ketones (excluding diaryl/α,β-unsaturated/α-hetero) is 1. The lowest BCUT2D eigenvalue weighted by Crippen LogP contribution is -1.96. The van der Waals surface area contributed by atoms with Crippen molar-refractivity contribution in [2.75, 3.05) is 0 Å². The Bertz CT molecular complexity index is 375. The van der Waals surface area contributed by atoms with Gasteiger partial charge in [0.1, 0.15) is 5.76 Å². The van der Waals surface area contributed by atoms with Crippen molar-refractivity contribution in [1.82, 2.24) is 20.6 Å². The lowest BCUT2D eigenvalue weighted by atomic mass is 10.3. The van der Waals surface area contributed by atoms with Gasteiger partial charge in [-0.15, -0.1) is 15.3 Å². The number of aliphatic hydroxyl groups excluding tert-OH is 1. The van der Waals surface area contributed by atoms with Gasteiger partial charge in [0.25, 0.3) is 0 Å². The number of carbonyl (C=O) groups is 1. The highest BCUT2D eigenvalue weighted by atomic mass is 16.3. The molecule has 0 aliphatic heterocycles. The van der Waals surface area contributed by atoms with Crippen molar-refractivity contribution in [3.05, 3.63) is 11.5 Å². The zero-order chi connectivity index (χ0) is 10.6. The minimum atomic E-state index is -0.391. The Morgan fingerprint density at radius 3 is 2.64 bits per heavy atom. The molecule has 0 atom stereocenters. The molecule has 0 unspecified atom stereocenters. The second-order valence-corrected chi connectivity index (χ2v) is 2.40. The molecule has 8 nitrogen and oxygen atoms in total. The van der Waals surface area contributed by atoms with Crippen molar-refractivity contribution in [3.63, 3.8) is 0 Å². The minimum absolute atomic E-state index is 0.00926. The van der Waals surface area contributed by atoms with Gasteiger partial charge in [0.2, 0.25) is 0 Å². The highest BCUT2D eigenvalue weighted by Crippen LogP contribution is 2.08. The molecule has 1 heterocycles. The van der Waals surface area contributed by atoms with Gasteiger partial charge in [0.15, 0.2) is 11.5 Å². The highest BCUT2D eigenvalue weighted by molar-refractivity contribution is 5.93. The third-order valence-electron chi connectivity index (χ3n) is 1.25. The number of aliphatic hydroxyl groups is 1. The van der Waals surface area contributed by atoms with E-state index in [1.165, 1.54) is 13.8 Å². The van der Waals surface area contributed by atoms with Crippen LogP contribution in [0.1, 0.15) is 13.8 Å². The maximum Gasteiger partial charge on any atom is 0.307 e. The van der Waals surface area contributed by atoms with Gasteiger partial charge in [-0.3, -0.25) is 4.79 Å². The fourth-order valence-electron chi connectivity index (χ4n) is 0.691. The van der Waals surface area contributed by atoms with Gasteiger partial charge in [-0.1, -0.05) is 5.10 Å². The van der Waals surface area contributed by atoms with E-state index in [2.05, 4.69) is 30.9 Å². The summed E-state index contributed by atoms with van der Waals surface area (Å²) in [5.74, 6) is -0.605. The third-order valence-corrected chi connectivity index (χ3v) is 1.25. The number of aromatic nitrogens is 4. The zero-order valence-corrected chi connectivity index (χ0v) is 7.59. The lowest BCUT2D eigenvalue weighted by Gasteiger charge is -1.94. The van der Waals surface area contributed by atoms with E-state index < -0.39 is 5.78 Å². The molecule has 1 rings (SSSR count). The van der Waals surface area contributed by atoms with Crippen molar-refractivity contribution in [2.24, 2.45) is 10.2 Å². The predicted octanol–water partition coefficient (Wildman–Crippen LogP) is 0.662. The molecule has 1 aromatic heterocycles. The number of nitrogens with zero attached hydrogens (tertiary/aromatic N) is 5. The Kier molecular flexibility index (Phi) is 3.00. The quantitative estimate of drug-likeness (QED) is 0.418. The van der Waals surface area contributed by atoms with Gasteiger partial charge in [0.05, 0.1) is 0 Å². The molecule has 14 heavy (non-hydrogen) atoms. The number of hydrogen-bond acceptors (Lipinski definition) is 7. The van der Waals surface area contributed by atoms with Crippen molar-refractivity contribution in [2.45, 2.75) is 13.8 Å². The summed E-state index contributed by atoms with van der Waals surface area (Å²) in [6.45, 7) is 2.61. The fourth-order valence-corrected chi connectivity index (χ4v) is 0.691. The molecule has 0 aliphatic carbocycles. The van der Waals surface area contributed by atoms with Crippen LogP contribution < -0.4 is 0 Å². The first-order chi connectivity index (χ1) is 6.61.